The summed E-state index contributed by atoms with van der Waals surface area (Å²) in [5.74, 6) is 0.693. The van der Waals surface area contributed by atoms with Gasteiger partial charge in [-0.05, 0) is 44.1 Å². The number of piperidine rings is 1. The highest BCUT2D eigenvalue weighted by molar-refractivity contribution is 5.64. The van der Waals surface area contributed by atoms with Crippen LogP contribution in [0.4, 0.5) is 0 Å². The van der Waals surface area contributed by atoms with Gasteiger partial charge in [0.1, 0.15) is 0 Å². The third-order valence-electron chi connectivity index (χ3n) is 6.28. The smallest absolute Gasteiger partial charge is 0.331 e. The van der Waals surface area contributed by atoms with Crippen molar-refractivity contribution in [2.24, 2.45) is 5.92 Å². The number of hydrogen-bond donors (Lipinski definition) is 1. The average molecular weight is 297 g/mol. The Morgan fingerprint density at radius 1 is 1.41 bits per heavy atom. The maximum Gasteiger partial charge on any atom is 0.331 e. The van der Waals surface area contributed by atoms with Crippen LogP contribution in [-0.4, -0.2) is 35.4 Å². The maximum absolute atomic E-state index is 10.3. The van der Waals surface area contributed by atoms with Crippen molar-refractivity contribution in [3.8, 4) is 11.5 Å². The van der Waals surface area contributed by atoms with Crippen molar-refractivity contribution in [1.82, 2.24) is 4.90 Å². The molecular weight excluding hydrogens is 282 g/mol. The third kappa shape index (κ3) is 0.909. The number of phenols is 1. The molecular formula is C17H15NO4. The maximum atomic E-state index is 10.3. The summed E-state index contributed by atoms with van der Waals surface area (Å²) in [4.78, 5) is 13.2. The van der Waals surface area contributed by atoms with Gasteiger partial charge in [0.25, 0.3) is 5.76 Å². The SMILES string of the molecule is CN1CC[C@]23c4c5ccc(O)c4O[C@@]24OOC4=C=C[C@H]3[C@H]1C5. The zero-order valence-corrected chi connectivity index (χ0v) is 12.1. The molecule has 0 amide bonds. The molecule has 2 bridgehead atoms. The fourth-order valence-corrected chi connectivity index (χ4v) is 5.28. The lowest BCUT2D eigenvalue weighted by Crippen LogP contribution is -2.71. The quantitative estimate of drug-likeness (QED) is 0.582. The molecule has 3 heterocycles. The molecule has 1 aromatic rings. The van der Waals surface area contributed by atoms with Gasteiger partial charge in [-0.1, -0.05) is 11.8 Å². The van der Waals surface area contributed by atoms with E-state index >= 15 is 0 Å². The van der Waals surface area contributed by atoms with E-state index in [9.17, 15) is 5.11 Å². The highest BCUT2D eigenvalue weighted by Crippen LogP contribution is 2.69. The molecule has 3 aliphatic heterocycles. The van der Waals surface area contributed by atoms with Crippen LogP contribution < -0.4 is 4.74 Å². The molecule has 2 aliphatic carbocycles. The second-order valence-electron chi connectivity index (χ2n) is 6.97. The van der Waals surface area contributed by atoms with E-state index < -0.39 is 5.79 Å². The zero-order valence-electron chi connectivity index (χ0n) is 12.1. The fraction of sp³-hybridized carbons (Fsp3) is 0.471. The molecule has 5 aliphatic rings. The molecule has 4 atom stereocenters. The Labute approximate surface area is 127 Å². The van der Waals surface area contributed by atoms with Crippen LogP contribution in [0.2, 0.25) is 0 Å². The van der Waals surface area contributed by atoms with Crippen molar-refractivity contribution in [2.45, 2.75) is 30.1 Å². The van der Waals surface area contributed by atoms with Gasteiger partial charge >= 0.3 is 5.79 Å². The first-order valence-electron chi connectivity index (χ1n) is 7.75. The van der Waals surface area contributed by atoms with Gasteiger partial charge in [-0.2, -0.15) is 0 Å². The molecule has 0 unspecified atom stereocenters. The molecule has 2 spiro atoms. The van der Waals surface area contributed by atoms with E-state index in [1.165, 1.54) is 5.56 Å². The van der Waals surface area contributed by atoms with Crippen LogP contribution in [0.15, 0.2) is 29.7 Å². The summed E-state index contributed by atoms with van der Waals surface area (Å²) in [5, 5.41) is 10.3. The van der Waals surface area contributed by atoms with Crippen molar-refractivity contribution in [1.29, 1.82) is 0 Å². The number of ether oxygens (including phenoxy) is 1. The Morgan fingerprint density at radius 2 is 2.32 bits per heavy atom. The first-order chi connectivity index (χ1) is 10.7. The average Bonchev–Trinajstić information content (AvgIpc) is 2.82. The summed E-state index contributed by atoms with van der Waals surface area (Å²) in [6, 6.07) is 4.16. The van der Waals surface area contributed by atoms with E-state index in [1.807, 2.05) is 6.07 Å². The second-order valence-corrected chi connectivity index (χ2v) is 6.97. The molecule has 0 radical (unpaired) electrons. The van der Waals surface area contributed by atoms with Gasteiger partial charge in [0.05, 0.1) is 5.41 Å². The van der Waals surface area contributed by atoms with E-state index in [2.05, 4.69) is 23.8 Å². The van der Waals surface area contributed by atoms with E-state index in [0.717, 1.165) is 24.9 Å². The van der Waals surface area contributed by atoms with Crippen LogP contribution in [0.25, 0.3) is 0 Å². The van der Waals surface area contributed by atoms with Crippen molar-refractivity contribution in [3.05, 3.63) is 40.8 Å². The van der Waals surface area contributed by atoms with Gasteiger partial charge in [-0.25, -0.2) is 0 Å². The van der Waals surface area contributed by atoms with Crippen LogP contribution in [0.3, 0.4) is 0 Å². The zero-order chi connectivity index (χ0) is 14.7. The largest absolute Gasteiger partial charge is 0.504 e. The highest BCUT2D eigenvalue weighted by atomic mass is 17.3. The summed E-state index contributed by atoms with van der Waals surface area (Å²) in [6.07, 6.45) is 4.00. The van der Waals surface area contributed by atoms with Crippen LogP contribution in [0.5, 0.6) is 11.5 Å². The summed E-state index contributed by atoms with van der Waals surface area (Å²) in [5.41, 5.74) is 5.30. The number of aromatic hydroxyl groups is 1. The van der Waals surface area contributed by atoms with Crippen molar-refractivity contribution in [2.75, 3.05) is 13.6 Å². The number of rotatable bonds is 0. The topological polar surface area (TPSA) is 51.2 Å². The van der Waals surface area contributed by atoms with Crippen molar-refractivity contribution in [3.63, 3.8) is 0 Å². The number of hydrogen-bond acceptors (Lipinski definition) is 5. The standard InChI is InChI=1S/C17H15NO4/c1-18-7-6-16-10-3-5-13-17(16,22-21-13)20-15-12(19)4-2-9(14(15)16)8-11(10)18/h2-4,10-11,19H,6-8H2,1H3/t10-,11+,16-,17-/m0/s1. The van der Waals surface area contributed by atoms with Crippen LogP contribution in [0.1, 0.15) is 17.5 Å². The van der Waals surface area contributed by atoms with Gasteiger partial charge in [-0.3, -0.25) is 0 Å². The van der Waals surface area contributed by atoms with Crippen LogP contribution >= 0.6 is 0 Å². The van der Waals surface area contributed by atoms with Gasteiger partial charge in [0.15, 0.2) is 11.5 Å². The van der Waals surface area contributed by atoms with Gasteiger partial charge < -0.3 is 19.6 Å². The molecule has 22 heavy (non-hydrogen) atoms. The number of phenolic OH excluding ortho intramolecular Hbond substituents is 1. The number of likely N-dealkylation sites (tertiary alicyclic amines) is 1. The molecule has 2 fully saturated rings. The predicted octanol–water partition coefficient (Wildman–Crippen LogP) is 1.61. The summed E-state index contributed by atoms with van der Waals surface area (Å²) < 4.78 is 6.20. The molecule has 5 nitrogen and oxygen atoms in total. The molecule has 2 saturated heterocycles. The lowest BCUT2D eigenvalue weighted by atomic mass is 9.53. The second kappa shape index (κ2) is 3.20. The van der Waals surface area contributed by atoms with Crippen LogP contribution in [-0.2, 0) is 21.6 Å². The van der Waals surface area contributed by atoms with Crippen molar-refractivity contribution >= 4 is 0 Å². The van der Waals surface area contributed by atoms with Gasteiger partial charge in [-0.15, -0.1) is 4.89 Å². The Kier molecular flexibility index (Phi) is 1.69. The van der Waals surface area contributed by atoms with E-state index in [-0.39, 0.29) is 17.1 Å². The minimum absolute atomic E-state index is 0.183. The van der Waals surface area contributed by atoms with Crippen molar-refractivity contribution < 1.29 is 19.6 Å². The molecule has 6 rings (SSSR count). The molecule has 112 valence electrons. The summed E-state index contributed by atoms with van der Waals surface area (Å²) >= 11 is 0. The molecule has 1 aromatic carbocycles. The number of likely N-dealkylation sites (N-methyl/N-ethyl adjacent to an activating group) is 1. The first kappa shape index (κ1) is 11.6. The number of benzene rings is 1. The normalized spacial score (nSPS) is 42.5. The fourth-order valence-electron chi connectivity index (χ4n) is 5.28. The lowest BCUT2D eigenvalue weighted by Gasteiger charge is -2.59. The minimum atomic E-state index is -0.928. The summed E-state index contributed by atoms with van der Waals surface area (Å²) in [6.45, 7) is 0.977. The van der Waals surface area contributed by atoms with Crippen LogP contribution in [0, 0.1) is 5.92 Å². The molecule has 0 aromatic heterocycles. The van der Waals surface area contributed by atoms with E-state index in [4.69, 9.17) is 14.5 Å². The Bertz CT molecular complexity index is 811. The lowest BCUT2D eigenvalue weighted by molar-refractivity contribution is -0.495. The van der Waals surface area contributed by atoms with E-state index in [0.29, 0.717) is 17.6 Å². The van der Waals surface area contributed by atoms with E-state index in [1.54, 1.807) is 6.07 Å². The molecule has 1 N–H and O–H groups in total. The monoisotopic (exact) mass is 297 g/mol. The van der Waals surface area contributed by atoms with Gasteiger partial charge in [0.2, 0.25) is 0 Å². The number of nitrogens with zero attached hydrogens (tertiary/aromatic N) is 1. The predicted molar refractivity (Wildman–Crippen MR) is 75.1 cm³/mol. The molecule has 0 saturated carbocycles. The Balaban J connectivity index is 1.76. The minimum Gasteiger partial charge on any atom is -0.504 e. The molecule has 5 heteroatoms. The highest BCUT2D eigenvalue weighted by Gasteiger charge is 2.78. The first-order valence-corrected chi connectivity index (χ1v) is 7.75. The Hall–Kier alpha value is -1.94. The Morgan fingerprint density at radius 3 is 3.14 bits per heavy atom. The summed E-state index contributed by atoms with van der Waals surface area (Å²) in [7, 11) is 2.18. The van der Waals surface area contributed by atoms with Gasteiger partial charge in [0, 0.05) is 17.5 Å². The third-order valence-corrected chi connectivity index (χ3v) is 6.28.